The van der Waals surface area contributed by atoms with Crippen molar-refractivity contribution in [2.24, 2.45) is 0 Å². The van der Waals surface area contributed by atoms with Gasteiger partial charge in [-0.25, -0.2) is 0 Å². The molecule has 0 fully saturated rings. The Morgan fingerprint density at radius 1 is 1.50 bits per heavy atom. The zero-order valence-electron chi connectivity index (χ0n) is 2.82. The van der Waals surface area contributed by atoms with Crippen molar-refractivity contribution >= 4 is 38.2 Å². The van der Waals surface area contributed by atoms with Gasteiger partial charge in [-0.3, -0.25) is 0 Å². The number of hydrogen-bond acceptors (Lipinski definition) is 1. The molecule has 0 spiro atoms. The average Bonchev–Trinajstić information content (AvgIpc) is 0.811. The van der Waals surface area contributed by atoms with E-state index in [1.54, 1.807) is 0 Å². The molecule has 0 amide bonds. The van der Waals surface area contributed by atoms with Crippen molar-refractivity contribution < 1.29 is 4.21 Å². The van der Waals surface area contributed by atoms with Gasteiger partial charge in [0.1, 0.15) is 0 Å². The third-order valence-electron chi connectivity index (χ3n) is 0. The first kappa shape index (κ1) is 5.24. The Morgan fingerprint density at radius 3 is 1.50 bits per heavy atom. The molecule has 0 aromatic carbocycles. The standard InChI is InChI=1S/Ge2H6OS/c1-4(2)3/h1-2H3. The molecule has 0 aromatic heterocycles. The molecular weight excluding hydrogens is 193 g/mol. The Bertz CT molecular complexity index is 29.0. The summed E-state index contributed by atoms with van der Waals surface area (Å²) in [6, 6.07) is 0. The molecule has 0 radical (unpaired) electrons. The van der Waals surface area contributed by atoms with Crippen molar-refractivity contribution in [3.63, 3.8) is 0 Å². The molecule has 0 saturated heterocycles. The molecule has 4 heteroatoms. The van der Waals surface area contributed by atoms with Crippen LogP contribution in [0.5, 0.6) is 0 Å². The third-order valence-corrected chi connectivity index (χ3v) is 0. The van der Waals surface area contributed by atoms with Gasteiger partial charge >= 0.3 is 42.4 Å². The second-order valence-corrected chi connectivity index (χ2v) is 38.3. The van der Waals surface area contributed by atoms with Gasteiger partial charge in [-0.2, -0.15) is 0 Å². The molecule has 0 atom stereocenters. The number of hydrogen-bond donors (Lipinski definition) is 0. The van der Waals surface area contributed by atoms with Gasteiger partial charge in [0.2, 0.25) is 0 Å². The van der Waals surface area contributed by atoms with Crippen LogP contribution in [0, 0.1) is 0 Å². The molecule has 0 aliphatic heterocycles. The first-order chi connectivity index (χ1) is 1.73. The molecule has 0 bridgehead atoms. The summed E-state index contributed by atoms with van der Waals surface area (Å²) in [5.41, 5.74) is 0. The van der Waals surface area contributed by atoms with Gasteiger partial charge in [-0.15, -0.1) is 0 Å². The fraction of sp³-hybridized carbons (Fsp3) is 0. The molecule has 4 heavy (non-hydrogen) atoms. The van der Waals surface area contributed by atoms with Crippen molar-refractivity contribution in [3.8, 4) is 0 Å². The van der Waals surface area contributed by atoms with Gasteiger partial charge in [-0.1, -0.05) is 0 Å². The summed E-state index contributed by atoms with van der Waals surface area (Å²) >= 11 is 1.24. The molecule has 0 aliphatic carbocycles. The molecule has 0 aliphatic rings. The Labute approximate surface area is 42.5 Å². The molecule has 0 saturated carbocycles. The van der Waals surface area contributed by atoms with Crippen LogP contribution in [-0.4, -0.2) is 35.0 Å². The molecule has 0 rings (SSSR count). The third kappa shape index (κ3) is 10.6. The molecule has 1 nitrogen and oxygen atoms in total. The summed E-state index contributed by atoms with van der Waals surface area (Å²) in [6.45, 7) is 0. The first-order valence-corrected chi connectivity index (χ1v) is 13.2. The van der Waals surface area contributed by atoms with Crippen molar-refractivity contribution in [2.75, 3.05) is 0 Å². The number of rotatable bonds is 0. The molecule has 0 unspecified atom stereocenters. The van der Waals surface area contributed by atoms with E-state index in [1.165, 1.54) is 0 Å². The zero-order valence-corrected chi connectivity index (χ0v) is 12.0. The van der Waals surface area contributed by atoms with Gasteiger partial charge in [0.05, 0.1) is 0 Å². The quantitative estimate of drug-likeness (QED) is 0.388. The van der Waals surface area contributed by atoms with E-state index < -0.39 is 0 Å². The molecule has 0 N–H and O–H groups in total. The van der Waals surface area contributed by atoms with E-state index in [1.807, 2.05) is 0 Å². The van der Waals surface area contributed by atoms with Crippen LogP contribution in [0.25, 0.3) is 0 Å². The molecule has 0 heterocycles. The molecule has 26 valence electrons. The van der Waals surface area contributed by atoms with E-state index in [9.17, 15) is 4.21 Å². The van der Waals surface area contributed by atoms with Crippen LogP contribution >= 0.6 is 0 Å². The fourth-order valence-electron chi connectivity index (χ4n) is 0. The van der Waals surface area contributed by atoms with E-state index in [4.69, 9.17) is 0 Å². The molecule has 0 aromatic rings. The van der Waals surface area contributed by atoms with Crippen LogP contribution in [0.2, 0.25) is 0 Å². The van der Waals surface area contributed by atoms with Crippen LogP contribution in [0.15, 0.2) is 0 Å². The normalized spacial score (nSPS) is 17.0. The van der Waals surface area contributed by atoms with E-state index in [2.05, 4.69) is 0 Å². The van der Waals surface area contributed by atoms with Gasteiger partial charge in [0.15, 0.2) is 0 Å². The Hall–Kier alpha value is 1.24. The topological polar surface area (TPSA) is 17.1 Å². The van der Waals surface area contributed by atoms with E-state index in [0.717, 1.165) is 0 Å². The zero-order chi connectivity index (χ0) is 3.58. The predicted octanol–water partition coefficient (Wildman–Crippen LogP) is -2.70. The van der Waals surface area contributed by atoms with Gasteiger partial charge in [0, 0.05) is 0 Å². The van der Waals surface area contributed by atoms with Crippen LogP contribution in [0.1, 0.15) is 0 Å². The Kier molecular flexibility index (Phi) is 3.24. The minimum atomic E-state index is -0.236. The first-order valence-electron chi connectivity index (χ1n) is 0.983. The summed E-state index contributed by atoms with van der Waals surface area (Å²) in [5, 5.41) is 0. The van der Waals surface area contributed by atoms with E-state index in [0.29, 0.717) is 30.7 Å². The van der Waals surface area contributed by atoms with Crippen molar-refractivity contribution in [3.05, 3.63) is 0 Å². The van der Waals surface area contributed by atoms with Gasteiger partial charge in [0.25, 0.3) is 0 Å². The fourth-order valence-corrected chi connectivity index (χ4v) is 0. The molecular formula is H6Ge2OS. The van der Waals surface area contributed by atoms with Crippen molar-refractivity contribution in [1.82, 2.24) is 0 Å². The Balaban J connectivity index is 2.80. The van der Waals surface area contributed by atoms with Crippen LogP contribution in [-0.2, 0) is 7.45 Å². The maximum atomic E-state index is 9.72. The van der Waals surface area contributed by atoms with Gasteiger partial charge in [-0.05, 0) is 0 Å². The van der Waals surface area contributed by atoms with Crippen LogP contribution in [0.4, 0.5) is 0 Å². The summed E-state index contributed by atoms with van der Waals surface area (Å²) < 4.78 is 9.72. The second-order valence-electron chi connectivity index (χ2n) is 0.742. The SMILES string of the molecule is O=[S]([GeH3])[GeH3]. The van der Waals surface area contributed by atoms with Crippen LogP contribution < -0.4 is 0 Å². The predicted molar refractivity (Wildman–Crippen MR) is 28.0 cm³/mol. The summed E-state index contributed by atoms with van der Waals surface area (Å²) in [5.74, 6) is 0. The monoisotopic (exact) mass is 202 g/mol. The van der Waals surface area contributed by atoms with E-state index >= 15 is 0 Å². The van der Waals surface area contributed by atoms with Crippen molar-refractivity contribution in [1.29, 1.82) is 0 Å². The second kappa shape index (κ2) is 2.47. The Morgan fingerprint density at radius 2 is 1.50 bits per heavy atom. The summed E-state index contributed by atoms with van der Waals surface area (Å²) in [7, 11) is -0.236. The van der Waals surface area contributed by atoms with Gasteiger partial charge < -0.3 is 0 Å². The minimum absolute atomic E-state index is 0.236. The summed E-state index contributed by atoms with van der Waals surface area (Å²) in [4.78, 5) is 0. The maximum absolute atomic E-state index is 9.72. The summed E-state index contributed by atoms with van der Waals surface area (Å²) in [6.07, 6.45) is 0. The van der Waals surface area contributed by atoms with Crippen molar-refractivity contribution in [2.45, 2.75) is 0 Å². The average molecular weight is 199 g/mol. The van der Waals surface area contributed by atoms with Crippen LogP contribution in [0.3, 0.4) is 0 Å². The van der Waals surface area contributed by atoms with E-state index in [-0.39, 0.29) is 7.45 Å².